The summed E-state index contributed by atoms with van der Waals surface area (Å²) in [5.41, 5.74) is 2.55. The van der Waals surface area contributed by atoms with Crippen LogP contribution < -0.4 is 5.43 Å². The Morgan fingerprint density at radius 1 is 1.50 bits per heavy atom. The number of nitrogens with one attached hydrogen (secondary N) is 1. The summed E-state index contributed by atoms with van der Waals surface area (Å²) in [5, 5.41) is 7.89. The van der Waals surface area contributed by atoms with Gasteiger partial charge in [0.25, 0.3) is 0 Å². The zero-order valence-corrected chi connectivity index (χ0v) is 7.76. The van der Waals surface area contributed by atoms with Gasteiger partial charge in [0.05, 0.1) is 17.1 Å². The Bertz CT molecular complexity index is 300. The van der Waals surface area contributed by atoms with Gasteiger partial charge < -0.3 is 0 Å². The molecule has 1 heterocycles. The van der Waals surface area contributed by atoms with Crippen molar-refractivity contribution in [1.29, 1.82) is 0 Å². The van der Waals surface area contributed by atoms with Crippen molar-refractivity contribution in [3.63, 3.8) is 0 Å². The van der Waals surface area contributed by atoms with Gasteiger partial charge in [-0.05, 0) is 6.07 Å². The van der Waals surface area contributed by atoms with Gasteiger partial charge in [-0.15, -0.1) is 0 Å². The van der Waals surface area contributed by atoms with Crippen molar-refractivity contribution in [3.8, 4) is 0 Å². The molecule has 1 rings (SSSR count). The van der Waals surface area contributed by atoms with Crippen LogP contribution in [0.1, 0.15) is 0 Å². The van der Waals surface area contributed by atoms with Crippen LogP contribution in [0.2, 0.25) is 10.0 Å². The van der Waals surface area contributed by atoms with Crippen LogP contribution in [-0.4, -0.2) is 12.0 Å². The van der Waals surface area contributed by atoms with E-state index in [2.05, 4.69) is 20.7 Å². The second-order valence-electron chi connectivity index (χ2n) is 1.90. The standard InChI is InChI=1S/C6H6Cl2N4/c1-9-12-11-6-5(8)2-4(7)3-10-6/h2-3H,1H3,(H,9,10,11). The van der Waals surface area contributed by atoms with Crippen LogP contribution in [0, 0.1) is 0 Å². The molecule has 0 unspecified atom stereocenters. The number of hydrogen-bond donors (Lipinski definition) is 1. The maximum atomic E-state index is 5.75. The molecular formula is C6H6Cl2N4. The molecule has 1 aromatic rings. The third-order valence-corrected chi connectivity index (χ3v) is 1.56. The van der Waals surface area contributed by atoms with Gasteiger partial charge in [0.15, 0.2) is 5.82 Å². The molecule has 0 fully saturated rings. The van der Waals surface area contributed by atoms with Crippen molar-refractivity contribution in [2.24, 2.45) is 10.3 Å². The Balaban J connectivity index is 2.86. The first kappa shape index (κ1) is 9.22. The number of aromatic nitrogens is 1. The lowest BCUT2D eigenvalue weighted by molar-refractivity contribution is 1.06. The summed E-state index contributed by atoms with van der Waals surface area (Å²) in [6, 6.07) is 1.57. The van der Waals surface area contributed by atoms with Gasteiger partial charge in [-0.3, -0.25) is 0 Å². The Hall–Kier alpha value is -0.870. The van der Waals surface area contributed by atoms with E-state index in [1.807, 2.05) is 0 Å². The van der Waals surface area contributed by atoms with Crippen LogP contribution in [0.3, 0.4) is 0 Å². The molecule has 4 nitrogen and oxygen atoms in total. The topological polar surface area (TPSA) is 49.6 Å². The van der Waals surface area contributed by atoms with E-state index in [0.717, 1.165) is 0 Å². The summed E-state index contributed by atoms with van der Waals surface area (Å²) in [5.74, 6) is 0.437. The zero-order valence-electron chi connectivity index (χ0n) is 6.25. The summed E-state index contributed by atoms with van der Waals surface area (Å²) in [6.07, 6.45) is 1.47. The quantitative estimate of drug-likeness (QED) is 0.596. The highest BCUT2D eigenvalue weighted by Crippen LogP contribution is 2.22. The summed E-state index contributed by atoms with van der Waals surface area (Å²) < 4.78 is 0. The third kappa shape index (κ3) is 2.32. The average molecular weight is 205 g/mol. The van der Waals surface area contributed by atoms with E-state index in [4.69, 9.17) is 23.2 Å². The molecule has 6 heteroatoms. The van der Waals surface area contributed by atoms with Crippen LogP contribution in [-0.2, 0) is 0 Å². The lowest BCUT2D eigenvalue weighted by atomic mass is 10.5. The molecule has 0 spiro atoms. The largest absolute Gasteiger partial charge is 0.241 e. The average Bonchev–Trinajstić information content (AvgIpc) is 2.03. The molecule has 0 atom stereocenters. The van der Waals surface area contributed by atoms with Gasteiger partial charge in [-0.2, -0.15) is 5.11 Å². The van der Waals surface area contributed by atoms with Gasteiger partial charge in [0.2, 0.25) is 0 Å². The first-order valence-electron chi connectivity index (χ1n) is 3.10. The van der Waals surface area contributed by atoms with Gasteiger partial charge >= 0.3 is 0 Å². The summed E-state index contributed by atoms with van der Waals surface area (Å²) in [6.45, 7) is 0. The van der Waals surface area contributed by atoms with Crippen molar-refractivity contribution in [2.75, 3.05) is 12.5 Å². The van der Waals surface area contributed by atoms with E-state index in [-0.39, 0.29) is 0 Å². The number of hydrogen-bond acceptors (Lipinski definition) is 3. The first-order chi connectivity index (χ1) is 5.74. The second kappa shape index (κ2) is 4.23. The maximum Gasteiger partial charge on any atom is 0.166 e. The van der Waals surface area contributed by atoms with Crippen molar-refractivity contribution in [2.45, 2.75) is 0 Å². The van der Waals surface area contributed by atoms with E-state index >= 15 is 0 Å². The predicted octanol–water partition coefficient (Wildman–Crippen LogP) is 2.80. The minimum atomic E-state index is 0.412. The molecule has 12 heavy (non-hydrogen) atoms. The van der Waals surface area contributed by atoms with Gasteiger partial charge in [-0.25, -0.2) is 10.4 Å². The highest BCUT2D eigenvalue weighted by atomic mass is 35.5. The smallest absolute Gasteiger partial charge is 0.166 e. The third-order valence-electron chi connectivity index (χ3n) is 1.06. The highest BCUT2D eigenvalue weighted by Gasteiger charge is 2.00. The Morgan fingerprint density at radius 2 is 2.25 bits per heavy atom. The molecule has 0 aliphatic carbocycles. The highest BCUT2D eigenvalue weighted by molar-refractivity contribution is 6.35. The molecule has 0 aliphatic rings. The van der Waals surface area contributed by atoms with E-state index < -0.39 is 0 Å². The number of pyridine rings is 1. The van der Waals surface area contributed by atoms with Gasteiger partial charge in [-0.1, -0.05) is 28.4 Å². The number of nitrogens with zero attached hydrogens (tertiary/aromatic N) is 3. The molecule has 1 aromatic heterocycles. The Morgan fingerprint density at radius 3 is 2.83 bits per heavy atom. The van der Waals surface area contributed by atoms with Crippen LogP contribution in [0.5, 0.6) is 0 Å². The zero-order chi connectivity index (χ0) is 8.97. The minimum absolute atomic E-state index is 0.412. The first-order valence-corrected chi connectivity index (χ1v) is 3.85. The lowest BCUT2D eigenvalue weighted by Gasteiger charge is -1.99. The van der Waals surface area contributed by atoms with E-state index in [9.17, 15) is 0 Å². The lowest BCUT2D eigenvalue weighted by Crippen LogP contribution is -1.91. The molecular weight excluding hydrogens is 199 g/mol. The van der Waals surface area contributed by atoms with E-state index in [0.29, 0.717) is 15.9 Å². The molecule has 0 bridgehead atoms. The van der Waals surface area contributed by atoms with Crippen molar-refractivity contribution in [3.05, 3.63) is 22.3 Å². The second-order valence-corrected chi connectivity index (χ2v) is 2.74. The van der Waals surface area contributed by atoms with Crippen molar-refractivity contribution in [1.82, 2.24) is 4.98 Å². The molecule has 0 saturated heterocycles. The normalized spacial score (nSPS) is 10.6. The van der Waals surface area contributed by atoms with Gasteiger partial charge in [0.1, 0.15) is 0 Å². The Labute approximate surface area is 79.6 Å². The molecule has 0 amide bonds. The molecule has 0 aliphatic heterocycles. The minimum Gasteiger partial charge on any atom is -0.241 e. The van der Waals surface area contributed by atoms with Crippen LogP contribution >= 0.6 is 23.2 Å². The summed E-state index contributed by atoms with van der Waals surface area (Å²) in [4.78, 5) is 3.89. The van der Waals surface area contributed by atoms with E-state index in [1.54, 1.807) is 6.07 Å². The molecule has 0 saturated carbocycles. The summed E-state index contributed by atoms with van der Waals surface area (Å²) >= 11 is 11.4. The number of halogens is 2. The van der Waals surface area contributed by atoms with Gasteiger partial charge in [0, 0.05) is 6.20 Å². The SMILES string of the molecule is CN=NNc1ncc(Cl)cc1Cl. The van der Waals surface area contributed by atoms with Crippen LogP contribution in [0.25, 0.3) is 0 Å². The van der Waals surface area contributed by atoms with Crippen molar-refractivity contribution < 1.29 is 0 Å². The van der Waals surface area contributed by atoms with E-state index in [1.165, 1.54) is 13.2 Å². The maximum absolute atomic E-state index is 5.75. The van der Waals surface area contributed by atoms with Crippen molar-refractivity contribution >= 4 is 29.0 Å². The van der Waals surface area contributed by atoms with Crippen LogP contribution in [0.15, 0.2) is 22.6 Å². The van der Waals surface area contributed by atoms with Crippen LogP contribution in [0.4, 0.5) is 5.82 Å². The fourth-order valence-corrected chi connectivity index (χ4v) is 1.02. The Kier molecular flexibility index (Phi) is 3.25. The number of anilines is 1. The fraction of sp³-hybridized carbons (Fsp3) is 0.167. The molecule has 64 valence electrons. The number of rotatable bonds is 2. The molecule has 1 N–H and O–H groups in total. The fourth-order valence-electron chi connectivity index (χ4n) is 0.594. The molecule has 0 radical (unpaired) electrons. The monoisotopic (exact) mass is 204 g/mol. The molecule has 0 aromatic carbocycles. The predicted molar refractivity (Wildman–Crippen MR) is 48.7 cm³/mol. The summed E-state index contributed by atoms with van der Waals surface area (Å²) in [7, 11) is 1.54.